The van der Waals surface area contributed by atoms with Gasteiger partial charge in [-0.1, -0.05) is 37.3 Å². The normalized spacial score (nSPS) is 21.0. The SMILES string of the molecule is C[C@@H]1CCc2c(sc3ncnc(NC4CCN(Cc5ccccc5)CC4)c23)C1. The van der Waals surface area contributed by atoms with E-state index in [0.29, 0.717) is 6.04 Å². The summed E-state index contributed by atoms with van der Waals surface area (Å²) in [6.07, 6.45) is 7.73. The van der Waals surface area contributed by atoms with Crippen LogP contribution >= 0.6 is 11.3 Å². The van der Waals surface area contributed by atoms with Crippen LogP contribution in [0, 0.1) is 5.92 Å². The molecule has 0 saturated carbocycles. The molecule has 1 aliphatic heterocycles. The van der Waals surface area contributed by atoms with Gasteiger partial charge in [0.25, 0.3) is 0 Å². The van der Waals surface area contributed by atoms with Crippen LogP contribution in [0.4, 0.5) is 5.82 Å². The molecule has 28 heavy (non-hydrogen) atoms. The molecule has 2 aromatic heterocycles. The minimum atomic E-state index is 0.503. The van der Waals surface area contributed by atoms with Gasteiger partial charge in [-0.15, -0.1) is 11.3 Å². The van der Waals surface area contributed by atoms with Crippen LogP contribution in [-0.4, -0.2) is 34.0 Å². The second kappa shape index (κ2) is 7.80. The zero-order valence-electron chi connectivity index (χ0n) is 16.5. The van der Waals surface area contributed by atoms with E-state index >= 15 is 0 Å². The van der Waals surface area contributed by atoms with Gasteiger partial charge in [0.05, 0.1) is 5.39 Å². The molecule has 5 heteroatoms. The summed E-state index contributed by atoms with van der Waals surface area (Å²) in [4.78, 5) is 14.5. The quantitative estimate of drug-likeness (QED) is 0.686. The van der Waals surface area contributed by atoms with Crippen molar-refractivity contribution in [3.63, 3.8) is 0 Å². The first kappa shape index (κ1) is 18.1. The fourth-order valence-corrected chi connectivity index (χ4v) is 6.01. The molecule has 1 aliphatic carbocycles. The zero-order valence-corrected chi connectivity index (χ0v) is 17.3. The molecule has 3 aromatic rings. The van der Waals surface area contributed by atoms with Crippen LogP contribution in [0.2, 0.25) is 0 Å². The van der Waals surface area contributed by atoms with Gasteiger partial charge in [0, 0.05) is 30.6 Å². The molecule has 1 aromatic carbocycles. The molecule has 1 atom stereocenters. The van der Waals surface area contributed by atoms with Gasteiger partial charge in [-0.2, -0.15) is 0 Å². The van der Waals surface area contributed by atoms with Gasteiger partial charge < -0.3 is 5.32 Å². The fourth-order valence-electron chi connectivity index (χ4n) is 4.65. The second-order valence-corrected chi connectivity index (χ2v) is 9.52. The second-order valence-electron chi connectivity index (χ2n) is 8.43. The van der Waals surface area contributed by atoms with E-state index in [1.54, 1.807) is 6.33 Å². The number of aromatic nitrogens is 2. The van der Waals surface area contributed by atoms with Crippen molar-refractivity contribution in [2.24, 2.45) is 5.92 Å². The lowest BCUT2D eigenvalue weighted by molar-refractivity contribution is 0.211. The smallest absolute Gasteiger partial charge is 0.138 e. The number of rotatable bonds is 4. The van der Waals surface area contributed by atoms with Crippen molar-refractivity contribution in [2.45, 2.75) is 51.6 Å². The number of hydrogen-bond acceptors (Lipinski definition) is 5. The molecule has 5 rings (SSSR count). The first-order valence-corrected chi connectivity index (χ1v) is 11.4. The fraction of sp³-hybridized carbons (Fsp3) is 0.478. The van der Waals surface area contributed by atoms with Crippen molar-refractivity contribution in [3.8, 4) is 0 Å². The van der Waals surface area contributed by atoms with Crippen LogP contribution in [0.15, 0.2) is 36.7 Å². The van der Waals surface area contributed by atoms with Crippen LogP contribution in [0.3, 0.4) is 0 Å². The Bertz CT molecular complexity index is 944. The molecular weight excluding hydrogens is 364 g/mol. The van der Waals surface area contributed by atoms with E-state index in [0.717, 1.165) is 36.2 Å². The highest BCUT2D eigenvalue weighted by molar-refractivity contribution is 7.19. The van der Waals surface area contributed by atoms with Gasteiger partial charge in [0.15, 0.2) is 0 Å². The van der Waals surface area contributed by atoms with E-state index in [4.69, 9.17) is 0 Å². The Morgan fingerprint density at radius 2 is 1.93 bits per heavy atom. The molecule has 3 heterocycles. The molecule has 1 N–H and O–H groups in total. The number of likely N-dealkylation sites (tertiary alicyclic amines) is 1. The minimum Gasteiger partial charge on any atom is -0.367 e. The number of nitrogens with one attached hydrogen (secondary N) is 1. The number of thiophene rings is 1. The summed E-state index contributed by atoms with van der Waals surface area (Å²) < 4.78 is 0. The van der Waals surface area contributed by atoms with Crippen LogP contribution in [-0.2, 0) is 19.4 Å². The van der Waals surface area contributed by atoms with Gasteiger partial charge in [-0.25, -0.2) is 9.97 Å². The molecule has 0 amide bonds. The standard InChI is InChI=1S/C23H28N4S/c1-16-7-8-19-20(13-16)28-23-21(19)22(24-15-25-23)26-18-9-11-27(12-10-18)14-17-5-3-2-4-6-17/h2-6,15-16,18H,7-14H2,1H3,(H,24,25,26)/t16-/m1/s1. The van der Waals surface area contributed by atoms with Crippen LogP contribution in [0.5, 0.6) is 0 Å². The lowest BCUT2D eigenvalue weighted by Crippen LogP contribution is -2.38. The number of benzene rings is 1. The molecule has 4 nitrogen and oxygen atoms in total. The third-order valence-electron chi connectivity index (χ3n) is 6.27. The molecule has 2 aliphatic rings. The topological polar surface area (TPSA) is 41.1 Å². The molecule has 0 unspecified atom stereocenters. The van der Waals surface area contributed by atoms with Gasteiger partial charge in [-0.05, 0) is 49.1 Å². The van der Waals surface area contributed by atoms with Crippen molar-refractivity contribution in [3.05, 3.63) is 52.7 Å². The average Bonchev–Trinajstić information content (AvgIpc) is 3.08. The number of nitrogens with zero attached hydrogens (tertiary/aromatic N) is 3. The van der Waals surface area contributed by atoms with Crippen molar-refractivity contribution < 1.29 is 0 Å². The van der Waals surface area contributed by atoms with Gasteiger partial charge in [-0.3, -0.25) is 4.90 Å². The Balaban J connectivity index is 1.28. The summed E-state index contributed by atoms with van der Waals surface area (Å²) in [5.41, 5.74) is 2.92. The third kappa shape index (κ3) is 3.65. The van der Waals surface area contributed by atoms with Gasteiger partial charge in [0.2, 0.25) is 0 Å². The first-order chi connectivity index (χ1) is 13.8. The van der Waals surface area contributed by atoms with Crippen molar-refractivity contribution in [1.29, 1.82) is 0 Å². The molecule has 1 fully saturated rings. The van der Waals surface area contributed by atoms with E-state index in [1.807, 2.05) is 11.3 Å². The predicted octanol–water partition coefficient (Wildman–Crippen LogP) is 4.89. The number of anilines is 1. The highest BCUT2D eigenvalue weighted by atomic mass is 32.1. The summed E-state index contributed by atoms with van der Waals surface area (Å²) in [7, 11) is 0. The highest BCUT2D eigenvalue weighted by Crippen LogP contribution is 2.40. The molecule has 0 bridgehead atoms. The van der Waals surface area contributed by atoms with Crippen LogP contribution in [0.1, 0.15) is 42.2 Å². The Hall–Kier alpha value is -1.98. The maximum absolute atomic E-state index is 4.66. The van der Waals surface area contributed by atoms with Crippen LogP contribution in [0.25, 0.3) is 10.2 Å². The van der Waals surface area contributed by atoms with E-state index < -0.39 is 0 Å². The summed E-state index contributed by atoms with van der Waals surface area (Å²) in [6, 6.07) is 11.3. The first-order valence-electron chi connectivity index (χ1n) is 10.5. The van der Waals surface area contributed by atoms with Gasteiger partial charge >= 0.3 is 0 Å². The van der Waals surface area contributed by atoms with E-state index in [9.17, 15) is 0 Å². The Labute approximate surface area is 171 Å². The Morgan fingerprint density at radius 1 is 1.11 bits per heavy atom. The molecule has 146 valence electrons. The Kier molecular flexibility index (Phi) is 5.03. The number of piperidine rings is 1. The summed E-state index contributed by atoms with van der Waals surface area (Å²) >= 11 is 1.88. The maximum Gasteiger partial charge on any atom is 0.138 e. The molecule has 1 saturated heterocycles. The predicted molar refractivity (Wildman–Crippen MR) is 117 cm³/mol. The summed E-state index contributed by atoms with van der Waals surface area (Å²) in [5.74, 6) is 1.86. The average molecular weight is 393 g/mol. The lowest BCUT2D eigenvalue weighted by atomic mass is 9.89. The number of aryl methyl sites for hydroxylation is 1. The van der Waals surface area contributed by atoms with E-state index in [2.05, 4.69) is 57.4 Å². The van der Waals surface area contributed by atoms with Crippen molar-refractivity contribution in [2.75, 3.05) is 18.4 Å². The summed E-state index contributed by atoms with van der Waals surface area (Å²) in [6.45, 7) is 5.70. The zero-order chi connectivity index (χ0) is 18.9. The van der Waals surface area contributed by atoms with Crippen LogP contribution < -0.4 is 5.32 Å². The minimum absolute atomic E-state index is 0.503. The molecule has 0 spiro atoms. The summed E-state index contributed by atoms with van der Waals surface area (Å²) in [5, 5.41) is 5.09. The monoisotopic (exact) mass is 392 g/mol. The number of fused-ring (bicyclic) bond motifs is 3. The highest BCUT2D eigenvalue weighted by Gasteiger charge is 2.25. The Morgan fingerprint density at radius 3 is 2.75 bits per heavy atom. The third-order valence-corrected chi connectivity index (χ3v) is 7.43. The molecule has 0 radical (unpaired) electrons. The maximum atomic E-state index is 4.66. The van der Waals surface area contributed by atoms with E-state index in [1.165, 1.54) is 53.5 Å². The molecular formula is C23H28N4S. The number of hydrogen-bond donors (Lipinski definition) is 1. The van der Waals surface area contributed by atoms with Crippen molar-refractivity contribution in [1.82, 2.24) is 14.9 Å². The lowest BCUT2D eigenvalue weighted by Gasteiger charge is -2.32. The van der Waals surface area contributed by atoms with E-state index in [-0.39, 0.29) is 0 Å². The largest absolute Gasteiger partial charge is 0.367 e. The van der Waals surface area contributed by atoms with Crippen molar-refractivity contribution >= 4 is 27.4 Å². The van der Waals surface area contributed by atoms with Gasteiger partial charge in [0.1, 0.15) is 17.0 Å².